The van der Waals surface area contributed by atoms with Crippen molar-refractivity contribution in [2.75, 3.05) is 17.7 Å². The molecule has 1 aromatic rings. The molecule has 102 valence electrons. The zero-order valence-corrected chi connectivity index (χ0v) is 12.3. The van der Waals surface area contributed by atoms with Crippen molar-refractivity contribution in [3.63, 3.8) is 0 Å². The SMILES string of the molecule is CNc1nc(Cl)nc(NC(C)CCCC(C)C)n1. The lowest BCUT2D eigenvalue weighted by Gasteiger charge is -2.14. The molecule has 6 heteroatoms. The molecule has 2 N–H and O–H groups in total. The first-order chi connectivity index (χ1) is 8.51. The van der Waals surface area contributed by atoms with Crippen LogP contribution < -0.4 is 10.6 Å². The van der Waals surface area contributed by atoms with E-state index in [-0.39, 0.29) is 5.28 Å². The summed E-state index contributed by atoms with van der Waals surface area (Å²) in [5.74, 6) is 1.75. The first-order valence-corrected chi connectivity index (χ1v) is 6.75. The number of hydrogen-bond donors (Lipinski definition) is 2. The van der Waals surface area contributed by atoms with Gasteiger partial charge in [0.1, 0.15) is 0 Å². The Kier molecular flexibility index (Phi) is 6.12. The first-order valence-electron chi connectivity index (χ1n) is 6.37. The maximum Gasteiger partial charge on any atom is 0.229 e. The number of anilines is 2. The van der Waals surface area contributed by atoms with E-state index >= 15 is 0 Å². The molecule has 0 saturated carbocycles. The summed E-state index contributed by atoms with van der Waals surface area (Å²) in [4.78, 5) is 12.2. The summed E-state index contributed by atoms with van der Waals surface area (Å²) < 4.78 is 0. The molecular formula is C12H22ClN5. The van der Waals surface area contributed by atoms with Gasteiger partial charge in [-0.05, 0) is 30.9 Å². The van der Waals surface area contributed by atoms with Gasteiger partial charge in [0.25, 0.3) is 0 Å². The van der Waals surface area contributed by atoms with Gasteiger partial charge in [-0.1, -0.05) is 26.7 Å². The van der Waals surface area contributed by atoms with Crippen LogP contribution in [-0.2, 0) is 0 Å². The van der Waals surface area contributed by atoms with Gasteiger partial charge in [0, 0.05) is 13.1 Å². The summed E-state index contributed by atoms with van der Waals surface area (Å²) >= 11 is 5.82. The van der Waals surface area contributed by atoms with Gasteiger partial charge in [-0.15, -0.1) is 0 Å². The van der Waals surface area contributed by atoms with Crippen LogP contribution in [0.4, 0.5) is 11.9 Å². The van der Waals surface area contributed by atoms with Crippen LogP contribution in [0, 0.1) is 5.92 Å². The largest absolute Gasteiger partial charge is 0.357 e. The number of hydrogen-bond acceptors (Lipinski definition) is 5. The summed E-state index contributed by atoms with van der Waals surface area (Å²) in [6.45, 7) is 6.60. The average molecular weight is 272 g/mol. The van der Waals surface area contributed by atoms with Gasteiger partial charge >= 0.3 is 0 Å². The topological polar surface area (TPSA) is 62.7 Å². The minimum Gasteiger partial charge on any atom is -0.357 e. The number of aromatic nitrogens is 3. The molecule has 0 saturated heterocycles. The molecule has 0 bridgehead atoms. The second kappa shape index (κ2) is 7.36. The minimum atomic E-state index is 0.200. The molecule has 0 radical (unpaired) electrons. The molecule has 0 aliphatic rings. The smallest absolute Gasteiger partial charge is 0.229 e. The zero-order chi connectivity index (χ0) is 13.5. The van der Waals surface area contributed by atoms with E-state index in [0.717, 1.165) is 12.3 Å². The van der Waals surface area contributed by atoms with Crippen molar-refractivity contribution in [3.05, 3.63) is 5.28 Å². The van der Waals surface area contributed by atoms with Crippen LogP contribution in [0.15, 0.2) is 0 Å². The highest BCUT2D eigenvalue weighted by Crippen LogP contribution is 2.13. The van der Waals surface area contributed by atoms with Gasteiger partial charge in [-0.2, -0.15) is 15.0 Å². The fourth-order valence-corrected chi connectivity index (χ4v) is 1.81. The minimum absolute atomic E-state index is 0.200. The molecule has 1 rings (SSSR count). The maximum absolute atomic E-state index is 5.82. The second-order valence-electron chi connectivity index (χ2n) is 4.87. The van der Waals surface area contributed by atoms with Gasteiger partial charge < -0.3 is 10.6 Å². The Morgan fingerprint density at radius 2 is 1.72 bits per heavy atom. The molecule has 0 amide bonds. The molecule has 18 heavy (non-hydrogen) atoms. The van der Waals surface area contributed by atoms with E-state index in [0.29, 0.717) is 17.9 Å². The maximum atomic E-state index is 5.82. The van der Waals surface area contributed by atoms with Crippen LogP contribution in [0.5, 0.6) is 0 Å². The Balaban J connectivity index is 2.48. The molecule has 0 aromatic carbocycles. The fraction of sp³-hybridized carbons (Fsp3) is 0.750. The van der Waals surface area contributed by atoms with Crippen LogP contribution in [0.2, 0.25) is 5.28 Å². The lowest BCUT2D eigenvalue weighted by molar-refractivity contribution is 0.519. The summed E-state index contributed by atoms with van der Waals surface area (Å²) in [6, 6.07) is 0.326. The summed E-state index contributed by atoms with van der Waals surface area (Å²) in [6.07, 6.45) is 3.53. The van der Waals surface area contributed by atoms with Crippen molar-refractivity contribution in [1.82, 2.24) is 15.0 Å². The molecule has 0 aliphatic carbocycles. The Labute approximate surface area is 114 Å². The normalized spacial score (nSPS) is 12.6. The molecule has 5 nitrogen and oxygen atoms in total. The number of halogens is 1. The number of nitrogens with one attached hydrogen (secondary N) is 2. The predicted molar refractivity (Wildman–Crippen MR) is 76.2 cm³/mol. The van der Waals surface area contributed by atoms with E-state index in [1.807, 2.05) is 0 Å². The van der Waals surface area contributed by atoms with E-state index in [2.05, 4.69) is 46.4 Å². The fourth-order valence-electron chi connectivity index (χ4n) is 1.65. The van der Waals surface area contributed by atoms with E-state index < -0.39 is 0 Å². The highest BCUT2D eigenvalue weighted by molar-refractivity contribution is 6.28. The molecule has 1 unspecified atom stereocenters. The Hall–Kier alpha value is -1.10. The summed E-state index contributed by atoms with van der Waals surface area (Å²) in [5, 5.41) is 6.30. The monoisotopic (exact) mass is 271 g/mol. The average Bonchev–Trinajstić information content (AvgIpc) is 2.27. The molecule has 0 fully saturated rings. The highest BCUT2D eigenvalue weighted by Gasteiger charge is 2.07. The summed E-state index contributed by atoms with van der Waals surface area (Å²) in [5.41, 5.74) is 0. The molecule has 1 aromatic heterocycles. The van der Waals surface area contributed by atoms with Crippen molar-refractivity contribution >= 4 is 23.5 Å². The van der Waals surface area contributed by atoms with Crippen LogP contribution in [0.1, 0.15) is 40.0 Å². The number of nitrogens with zero attached hydrogens (tertiary/aromatic N) is 3. The third-order valence-corrected chi connectivity index (χ3v) is 2.79. The quantitative estimate of drug-likeness (QED) is 0.797. The van der Waals surface area contributed by atoms with E-state index in [4.69, 9.17) is 11.6 Å². The highest BCUT2D eigenvalue weighted by atomic mass is 35.5. The van der Waals surface area contributed by atoms with Crippen LogP contribution in [-0.4, -0.2) is 28.0 Å². The van der Waals surface area contributed by atoms with Gasteiger partial charge in [0.05, 0.1) is 0 Å². The first kappa shape index (κ1) is 15.0. The Bertz CT molecular complexity index is 369. The molecule has 0 spiro atoms. The molecule has 1 atom stereocenters. The van der Waals surface area contributed by atoms with Gasteiger partial charge in [-0.3, -0.25) is 0 Å². The number of rotatable bonds is 7. The lowest BCUT2D eigenvalue weighted by atomic mass is 10.0. The summed E-state index contributed by atoms with van der Waals surface area (Å²) in [7, 11) is 1.75. The van der Waals surface area contributed by atoms with E-state index in [1.165, 1.54) is 12.8 Å². The van der Waals surface area contributed by atoms with Crippen LogP contribution >= 0.6 is 11.6 Å². The zero-order valence-electron chi connectivity index (χ0n) is 11.5. The van der Waals surface area contributed by atoms with Gasteiger partial charge in [0.2, 0.25) is 17.2 Å². The molecule has 0 aliphatic heterocycles. The van der Waals surface area contributed by atoms with Crippen molar-refractivity contribution in [2.24, 2.45) is 5.92 Å². The van der Waals surface area contributed by atoms with Crippen LogP contribution in [0.25, 0.3) is 0 Å². The van der Waals surface area contributed by atoms with Gasteiger partial charge in [0.15, 0.2) is 0 Å². The van der Waals surface area contributed by atoms with Crippen LogP contribution in [0.3, 0.4) is 0 Å². The van der Waals surface area contributed by atoms with Gasteiger partial charge in [-0.25, -0.2) is 0 Å². The van der Waals surface area contributed by atoms with Crippen molar-refractivity contribution < 1.29 is 0 Å². The second-order valence-corrected chi connectivity index (χ2v) is 5.21. The van der Waals surface area contributed by atoms with E-state index in [1.54, 1.807) is 7.05 Å². The van der Waals surface area contributed by atoms with Crippen molar-refractivity contribution in [2.45, 2.75) is 46.1 Å². The lowest BCUT2D eigenvalue weighted by Crippen LogP contribution is -2.18. The van der Waals surface area contributed by atoms with Crippen molar-refractivity contribution in [3.8, 4) is 0 Å². The molecule has 1 heterocycles. The standard InChI is InChI=1S/C12H22ClN5/c1-8(2)6-5-7-9(3)15-12-17-10(13)16-11(14-4)18-12/h8-9H,5-7H2,1-4H3,(H2,14,15,16,17,18). The van der Waals surface area contributed by atoms with E-state index in [9.17, 15) is 0 Å². The van der Waals surface area contributed by atoms with Crippen molar-refractivity contribution in [1.29, 1.82) is 0 Å². The Morgan fingerprint density at radius 1 is 1.06 bits per heavy atom. The third-order valence-electron chi connectivity index (χ3n) is 2.63. The Morgan fingerprint density at radius 3 is 2.33 bits per heavy atom. The third kappa shape index (κ3) is 5.49. The molecular weight excluding hydrogens is 250 g/mol. The predicted octanol–water partition coefficient (Wildman–Crippen LogP) is 3.19.